The molecule has 0 unspecified atom stereocenters. The van der Waals surface area contributed by atoms with E-state index in [4.69, 9.17) is 5.73 Å². The monoisotopic (exact) mass is 219 g/mol. The van der Waals surface area contributed by atoms with Gasteiger partial charge in [0.2, 0.25) is 0 Å². The van der Waals surface area contributed by atoms with Gasteiger partial charge in [-0.05, 0) is 24.8 Å². The average Bonchev–Trinajstić information content (AvgIpc) is 2.80. The molecule has 1 heterocycles. The summed E-state index contributed by atoms with van der Waals surface area (Å²) in [6, 6.07) is 0. The second-order valence-electron chi connectivity index (χ2n) is 3.94. The second kappa shape index (κ2) is 3.23. The molecule has 2 rings (SSSR count). The lowest BCUT2D eigenvalue weighted by Gasteiger charge is -2.04. The molecule has 1 aromatic rings. The first-order valence-corrected chi connectivity index (χ1v) is 4.74. The summed E-state index contributed by atoms with van der Waals surface area (Å²) < 4.78 is 38.9. The Morgan fingerprint density at radius 3 is 2.73 bits per heavy atom. The van der Waals surface area contributed by atoms with Crippen LogP contribution in [0.5, 0.6) is 0 Å². The molecule has 1 aliphatic carbocycles. The van der Waals surface area contributed by atoms with E-state index in [-0.39, 0.29) is 11.8 Å². The van der Waals surface area contributed by atoms with Crippen LogP contribution in [0.2, 0.25) is 0 Å². The molecule has 2 atom stereocenters. The molecule has 1 aliphatic rings. The largest absolute Gasteiger partial charge is 0.435 e. The topological polar surface area (TPSA) is 43.8 Å². The van der Waals surface area contributed by atoms with E-state index in [1.807, 2.05) is 0 Å². The van der Waals surface area contributed by atoms with Gasteiger partial charge in [-0.25, -0.2) is 0 Å². The summed E-state index contributed by atoms with van der Waals surface area (Å²) in [7, 11) is 1.50. The fraction of sp³-hybridized carbons (Fsp3) is 0.667. The molecule has 1 saturated carbocycles. The Morgan fingerprint density at radius 2 is 2.27 bits per heavy atom. The third-order valence-corrected chi connectivity index (χ3v) is 2.75. The van der Waals surface area contributed by atoms with Crippen LogP contribution in [-0.4, -0.2) is 16.3 Å². The van der Waals surface area contributed by atoms with Crippen molar-refractivity contribution in [2.24, 2.45) is 18.7 Å². The molecule has 3 nitrogen and oxygen atoms in total. The van der Waals surface area contributed by atoms with Crippen LogP contribution in [0, 0.1) is 5.92 Å². The lowest BCUT2D eigenvalue weighted by atomic mass is 10.1. The van der Waals surface area contributed by atoms with Crippen LogP contribution in [0.25, 0.3) is 0 Å². The SMILES string of the molecule is Cn1cc([C@@H]2C[C@H]2CN)c(C(F)(F)F)n1. The van der Waals surface area contributed by atoms with Crippen molar-refractivity contribution in [3.63, 3.8) is 0 Å². The standard InChI is InChI=1S/C9H12F3N3/c1-15-4-7(6-2-5(6)3-13)8(14-15)9(10,11)12/h4-6H,2-3,13H2,1H3/t5-,6+/m0/s1. The predicted octanol–water partition coefficient (Wildman–Crippen LogP) is 1.50. The first kappa shape index (κ1) is 10.5. The highest BCUT2D eigenvalue weighted by molar-refractivity contribution is 5.30. The molecule has 0 saturated heterocycles. The third-order valence-electron chi connectivity index (χ3n) is 2.75. The number of hydrogen-bond acceptors (Lipinski definition) is 2. The van der Waals surface area contributed by atoms with Crippen LogP contribution in [0.4, 0.5) is 13.2 Å². The Kier molecular flexibility index (Phi) is 2.26. The molecule has 6 heteroatoms. The molecule has 2 N–H and O–H groups in total. The lowest BCUT2D eigenvalue weighted by molar-refractivity contribution is -0.142. The van der Waals surface area contributed by atoms with Gasteiger partial charge >= 0.3 is 6.18 Å². The maximum absolute atomic E-state index is 12.6. The fourth-order valence-electron chi connectivity index (χ4n) is 1.89. The maximum atomic E-state index is 12.6. The highest BCUT2D eigenvalue weighted by Gasteiger charge is 2.45. The summed E-state index contributed by atoms with van der Waals surface area (Å²) in [4.78, 5) is 0. The van der Waals surface area contributed by atoms with Gasteiger partial charge in [-0.1, -0.05) is 0 Å². The van der Waals surface area contributed by atoms with Gasteiger partial charge in [0.1, 0.15) is 0 Å². The maximum Gasteiger partial charge on any atom is 0.435 e. The van der Waals surface area contributed by atoms with E-state index < -0.39 is 11.9 Å². The summed E-state index contributed by atoms with van der Waals surface area (Å²) >= 11 is 0. The van der Waals surface area contributed by atoms with Gasteiger partial charge in [0.05, 0.1) is 0 Å². The van der Waals surface area contributed by atoms with Crippen molar-refractivity contribution < 1.29 is 13.2 Å². The quantitative estimate of drug-likeness (QED) is 0.819. The second-order valence-corrected chi connectivity index (χ2v) is 3.94. The highest BCUT2D eigenvalue weighted by Crippen LogP contribution is 2.49. The molecular formula is C9H12F3N3. The molecule has 0 aromatic carbocycles. The number of hydrogen-bond donors (Lipinski definition) is 1. The molecule has 1 aromatic heterocycles. The van der Waals surface area contributed by atoms with Gasteiger partial charge in [-0.2, -0.15) is 18.3 Å². The van der Waals surface area contributed by atoms with Crippen LogP contribution >= 0.6 is 0 Å². The Morgan fingerprint density at radius 1 is 1.60 bits per heavy atom. The van der Waals surface area contributed by atoms with E-state index >= 15 is 0 Å². The summed E-state index contributed by atoms with van der Waals surface area (Å²) in [5.41, 5.74) is 4.95. The molecule has 1 fully saturated rings. The van der Waals surface area contributed by atoms with Crippen LogP contribution in [0.3, 0.4) is 0 Å². The summed E-state index contributed by atoms with van der Waals surface area (Å²) in [6.45, 7) is 0.441. The van der Waals surface area contributed by atoms with Crippen molar-refractivity contribution in [1.29, 1.82) is 0 Å². The van der Waals surface area contributed by atoms with Crippen molar-refractivity contribution in [1.82, 2.24) is 9.78 Å². The summed E-state index contributed by atoms with van der Waals surface area (Å²) in [6.07, 6.45) is -2.17. The summed E-state index contributed by atoms with van der Waals surface area (Å²) in [5, 5.41) is 3.46. The summed E-state index contributed by atoms with van der Waals surface area (Å²) in [5.74, 6) is 0.135. The molecular weight excluding hydrogens is 207 g/mol. The molecule has 0 spiro atoms. The molecule has 0 bridgehead atoms. The van der Waals surface area contributed by atoms with Crippen LogP contribution in [0.1, 0.15) is 23.6 Å². The first-order valence-electron chi connectivity index (χ1n) is 4.74. The highest BCUT2D eigenvalue weighted by atomic mass is 19.4. The van der Waals surface area contributed by atoms with E-state index in [0.717, 1.165) is 6.42 Å². The van der Waals surface area contributed by atoms with E-state index in [2.05, 4.69) is 5.10 Å². The number of alkyl halides is 3. The minimum atomic E-state index is -4.36. The minimum absolute atomic E-state index is 0.0553. The third kappa shape index (κ3) is 1.86. The number of aryl methyl sites for hydroxylation is 1. The van der Waals surface area contributed by atoms with Crippen LogP contribution in [-0.2, 0) is 13.2 Å². The van der Waals surface area contributed by atoms with Crippen molar-refractivity contribution in [3.8, 4) is 0 Å². The minimum Gasteiger partial charge on any atom is -0.330 e. The van der Waals surface area contributed by atoms with Gasteiger partial charge in [0.25, 0.3) is 0 Å². The predicted molar refractivity (Wildman–Crippen MR) is 48.1 cm³/mol. The molecule has 0 radical (unpaired) electrons. The first-order chi connectivity index (χ1) is 6.93. The molecule has 0 aliphatic heterocycles. The van der Waals surface area contributed by atoms with Crippen molar-refractivity contribution in [2.45, 2.75) is 18.5 Å². The van der Waals surface area contributed by atoms with Gasteiger partial charge in [0, 0.05) is 18.8 Å². The fourth-order valence-corrected chi connectivity index (χ4v) is 1.89. The number of rotatable bonds is 2. The molecule has 15 heavy (non-hydrogen) atoms. The van der Waals surface area contributed by atoms with Gasteiger partial charge in [0.15, 0.2) is 5.69 Å². The van der Waals surface area contributed by atoms with Crippen molar-refractivity contribution in [2.75, 3.05) is 6.54 Å². The normalized spacial score (nSPS) is 25.7. The lowest BCUT2D eigenvalue weighted by Crippen LogP contribution is -2.10. The molecule has 84 valence electrons. The number of aromatic nitrogens is 2. The van der Waals surface area contributed by atoms with Gasteiger partial charge < -0.3 is 5.73 Å². The zero-order chi connectivity index (χ0) is 11.2. The Bertz CT molecular complexity index is 369. The van der Waals surface area contributed by atoms with E-state index in [9.17, 15) is 13.2 Å². The zero-order valence-electron chi connectivity index (χ0n) is 8.25. The van der Waals surface area contributed by atoms with Gasteiger partial charge in [-0.3, -0.25) is 4.68 Å². The number of nitrogens with zero attached hydrogens (tertiary/aromatic N) is 2. The van der Waals surface area contributed by atoms with Crippen molar-refractivity contribution >= 4 is 0 Å². The Labute approximate surface area is 85.1 Å². The Hall–Kier alpha value is -1.04. The van der Waals surface area contributed by atoms with E-state index in [1.165, 1.54) is 17.9 Å². The number of nitrogens with two attached hydrogens (primary N) is 1. The van der Waals surface area contributed by atoms with E-state index in [0.29, 0.717) is 12.1 Å². The van der Waals surface area contributed by atoms with E-state index in [1.54, 1.807) is 0 Å². The Balaban J connectivity index is 2.31. The van der Waals surface area contributed by atoms with Gasteiger partial charge in [-0.15, -0.1) is 0 Å². The average molecular weight is 219 g/mol. The smallest absolute Gasteiger partial charge is 0.330 e. The van der Waals surface area contributed by atoms with Crippen LogP contribution in [0.15, 0.2) is 6.20 Å². The molecule has 0 amide bonds. The number of halogens is 3. The van der Waals surface area contributed by atoms with Crippen molar-refractivity contribution in [3.05, 3.63) is 17.5 Å². The zero-order valence-corrected chi connectivity index (χ0v) is 8.25. The van der Waals surface area contributed by atoms with Crippen LogP contribution < -0.4 is 5.73 Å².